The van der Waals surface area contributed by atoms with Crippen molar-refractivity contribution in [2.45, 2.75) is 32.2 Å². The molecule has 16 heavy (non-hydrogen) atoms. The minimum absolute atomic E-state index is 0.129. The molecule has 1 aliphatic heterocycles. The summed E-state index contributed by atoms with van der Waals surface area (Å²) in [5, 5.41) is 6.40. The maximum Gasteiger partial charge on any atom is 0.251 e. The zero-order valence-corrected chi connectivity index (χ0v) is 10.4. The molecule has 0 spiro atoms. The van der Waals surface area contributed by atoms with E-state index in [9.17, 15) is 9.59 Å². The maximum absolute atomic E-state index is 11.7. The van der Waals surface area contributed by atoms with Gasteiger partial charge in [0, 0.05) is 20.0 Å². The molecular weight excluding hydrogens is 226 g/mol. The molecule has 90 valence electrons. The molecule has 5 nitrogen and oxygen atoms in total. The highest BCUT2D eigenvalue weighted by atomic mass is 32.1. The van der Waals surface area contributed by atoms with Gasteiger partial charge in [-0.3, -0.25) is 14.5 Å². The number of likely N-dealkylation sites (tertiary alicyclic amines) is 1. The van der Waals surface area contributed by atoms with E-state index in [4.69, 9.17) is 12.2 Å². The van der Waals surface area contributed by atoms with Gasteiger partial charge >= 0.3 is 0 Å². The molecule has 0 aromatic carbocycles. The van der Waals surface area contributed by atoms with Crippen LogP contribution in [0.2, 0.25) is 0 Å². The van der Waals surface area contributed by atoms with Crippen molar-refractivity contribution in [3.05, 3.63) is 0 Å². The number of nitrogens with zero attached hydrogens (tertiary/aromatic N) is 1. The highest BCUT2D eigenvalue weighted by Crippen LogP contribution is 2.11. The Balaban J connectivity index is 2.46. The fourth-order valence-corrected chi connectivity index (χ4v) is 1.74. The molecule has 0 aromatic rings. The van der Waals surface area contributed by atoms with E-state index >= 15 is 0 Å². The molecule has 0 radical (unpaired) electrons. The Hall–Kier alpha value is -1.17. The van der Waals surface area contributed by atoms with E-state index in [2.05, 4.69) is 10.6 Å². The summed E-state index contributed by atoms with van der Waals surface area (Å²) in [6.07, 6.45) is 1.87. The van der Waals surface area contributed by atoms with Crippen LogP contribution in [0.4, 0.5) is 0 Å². The number of nitrogens with one attached hydrogen (secondary N) is 2. The fraction of sp³-hybridized carbons (Fsp3) is 0.700. The zero-order valence-electron chi connectivity index (χ0n) is 9.58. The number of piperidine rings is 1. The minimum atomic E-state index is -0.375. The number of thiocarbonyl (C=S) groups is 1. The van der Waals surface area contributed by atoms with Crippen LogP contribution in [0.5, 0.6) is 0 Å². The molecule has 1 fully saturated rings. The Morgan fingerprint density at radius 2 is 2.25 bits per heavy atom. The molecule has 1 heterocycles. The lowest BCUT2D eigenvalue weighted by Crippen LogP contribution is -2.54. The first-order valence-corrected chi connectivity index (χ1v) is 5.81. The Bertz CT molecular complexity index is 306. The van der Waals surface area contributed by atoms with E-state index in [0.717, 1.165) is 17.9 Å². The first kappa shape index (κ1) is 12.9. The number of hydrogen-bond acceptors (Lipinski definition) is 3. The van der Waals surface area contributed by atoms with E-state index in [1.807, 2.05) is 6.92 Å². The van der Waals surface area contributed by atoms with Crippen molar-refractivity contribution < 1.29 is 9.59 Å². The van der Waals surface area contributed by atoms with Crippen molar-refractivity contribution in [2.24, 2.45) is 0 Å². The number of hydrogen-bond donors (Lipinski definition) is 2. The highest BCUT2D eigenvalue weighted by Gasteiger charge is 2.31. The Morgan fingerprint density at radius 1 is 1.56 bits per heavy atom. The lowest BCUT2D eigenvalue weighted by atomic mass is 10.1. The Labute approximate surface area is 101 Å². The van der Waals surface area contributed by atoms with Crippen LogP contribution in [-0.4, -0.2) is 41.5 Å². The van der Waals surface area contributed by atoms with Crippen molar-refractivity contribution in [1.29, 1.82) is 0 Å². The van der Waals surface area contributed by atoms with Gasteiger partial charge in [0.15, 0.2) is 5.11 Å². The van der Waals surface area contributed by atoms with E-state index in [0.29, 0.717) is 18.0 Å². The molecule has 1 atom stereocenters. The average Bonchev–Trinajstić information content (AvgIpc) is 2.27. The molecule has 1 aliphatic rings. The van der Waals surface area contributed by atoms with Crippen molar-refractivity contribution in [3.63, 3.8) is 0 Å². The summed E-state index contributed by atoms with van der Waals surface area (Å²) in [6.45, 7) is 2.81. The number of carbonyl (C=O) groups excluding carboxylic acids is 2. The van der Waals surface area contributed by atoms with Gasteiger partial charge in [-0.15, -0.1) is 0 Å². The molecule has 6 heteroatoms. The lowest BCUT2D eigenvalue weighted by molar-refractivity contribution is -0.147. The van der Waals surface area contributed by atoms with Gasteiger partial charge in [-0.25, -0.2) is 0 Å². The maximum atomic E-state index is 11.7. The summed E-state index contributed by atoms with van der Waals surface area (Å²) in [6, 6.07) is -0.375. The van der Waals surface area contributed by atoms with Crippen LogP contribution in [0.25, 0.3) is 0 Å². The normalized spacial score (nSPS) is 20.9. The summed E-state index contributed by atoms with van der Waals surface area (Å²) < 4.78 is 0. The smallest absolute Gasteiger partial charge is 0.251 e. The fourth-order valence-electron chi connectivity index (χ4n) is 1.50. The first-order valence-electron chi connectivity index (χ1n) is 5.41. The molecule has 1 saturated heterocycles. The molecular formula is C10H17N3O2S. The van der Waals surface area contributed by atoms with Gasteiger partial charge in [0.05, 0.1) is 0 Å². The van der Waals surface area contributed by atoms with Crippen molar-refractivity contribution in [1.82, 2.24) is 15.5 Å². The number of carbonyl (C=O) groups is 2. The lowest BCUT2D eigenvalue weighted by Gasteiger charge is -2.28. The summed E-state index contributed by atoms with van der Waals surface area (Å²) >= 11 is 5.04. The van der Waals surface area contributed by atoms with Crippen LogP contribution in [0.15, 0.2) is 0 Å². The van der Waals surface area contributed by atoms with Gasteiger partial charge in [0.1, 0.15) is 6.04 Å². The largest absolute Gasteiger partial charge is 0.363 e. The highest BCUT2D eigenvalue weighted by molar-refractivity contribution is 7.80. The van der Waals surface area contributed by atoms with Crippen LogP contribution < -0.4 is 10.6 Å². The van der Waals surface area contributed by atoms with Gasteiger partial charge in [-0.05, 0) is 25.1 Å². The SMILES string of the molecule is CCCNC(=S)NC1CCC(=O)N(C)C1=O. The van der Waals surface area contributed by atoms with Crippen molar-refractivity contribution >= 4 is 29.1 Å². The predicted octanol–water partition coefficient (Wildman–Crippen LogP) is 0.00790. The quantitative estimate of drug-likeness (QED) is 0.540. The van der Waals surface area contributed by atoms with Crippen LogP contribution in [0.3, 0.4) is 0 Å². The van der Waals surface area contributed by atoms with E-state index in [1.165, 1.54) is 7.05 Å². The monoisotopic (exact) mass is 243 g/mol. The Kier molecular flexibility index (Phi) is 4.67. The molecule has 2 amide bonds. The standard InChI is InChI=1S/C10H17N3O2S/c1-3-6-11-10(16)12-7-4-5-8(14)13(2)9(7)15/h7H,3-6H2,1-2H3,(H2,11,12,16). The summed E-state index contributed by atoms with van der Waals surface area (Å²) in [5.41, 5.74) is 0. The molecule has 1 unspecified atom stereocenters. The number of rotatable bonds is 3. The first-order chi connectivity index (χ1) is 7.56. The molecule has 0 aliphatic carbocycles. The van der Waals surface area contributed by atoms with E-state index < -0.39 is 0 Å². The van der Waals surface area contributed by atoms with Gasteiger partial charge in [0.2, 0.25) is 5.91 Å². The molecule has 0 aromatic heterocycles. The molecule has 0 saturated carbocycles. The summed E-state index contributed by atoms with van der Waals surface area (Å²) in [7, 11) is 1.50. The van der Waals surface area contributed by atoms with Gasteiger partial charge in [-0.1, -0.05) is 6.92 Å². The van der Waals surface area contributed by atoms with Crippen LogP contribution in [0, 0.1) is 0 Å². The summed E-state index contributed by atoms with van der Waals surface area (Å²) in [4.78, 5) is 24.1. The third-order valence-corrected chi connectivity index (χ3v) is 2.75. The van der Waals surface area contributed by atoms with Crippen molar-refractivity contribution in [3.8, 4) is 0 Å². The van der Waals surface area contributed by atoms with Crippen LogP contribution >= 0.6 is 12.2 Å². The second-order valence-corrected chi connectivity index (χ2v) is 4.19. The average molecular weight is 243 g/mol. The topological polar surface area (TPSA) is 61.4 Å². The summed E-state index contributed by atoms with van der Waals surface area (Å²) in [5.74, 6) is -0.340. The van der Waals surface area contributed by atoms with E-state index in [1.54, 1.807) is 0 Å². The second kappa shape index (κ2) is 5.79. The predicted molar refractivity (Wildman–Crippen MR) is 64.8 cm³/mol. The van der Waals surface area contributed by atoms with Gasteiger partial charge in [0.25, 0.3) is 5.91 Å². The number of likely N-dealkylation sites (N-methyl/N-ethyl adjacent to an activating group) is 1. The van der Waals surface area contributed by atoms with Crippen LogP contribution in [0.1, 0.15) is 26.2 Å². The van der Waals surface area contributed by atoms with Crippen molar-refractivity contribution in [2.75, 3.05) is 13.6 Å². The third kappa shape index (κ3) is 3.16. The minimum Gasteiger partial charge on any atom is -0.363 e. The van der Waals surface area contributed by atoms with Crippen LogP contribution in [-0.2, 0) is 9.59 Å². The molecule has 2 N–H and O–H groups in total. The Morgan fingerprint density at radius 3 is 2.88 bits per heavy atom. The third-order valence-electron chi connectivity index (χ3n) is 2.49. The zero-order chi connectivity index (χ0) is 12.1. The van der Waals surface area contributed by atoms with Gasteiger partial charge in [-0.2, -0.15) is 0 Å². The van der Waals surface area contributed by atoms with Gasteiger partial charge < -0.3 is 10.6 Å². The number of amides is 2. The second-order valence-electron chi connectivity index (χ2n) is 3.78. The number of imide groups is 1. The van der Waals surface area contributed by atoms with E-state index in [-0.39, 0.29) is 17.9 Å². The molecule has 0 bridgehead atoms. The molecule has 1 rings (SSSR count).